The molecule has 1 aliphatic rings. The van der Waals surface area contributed by atoms with Crippen molar-refractivity contribution in [2.45, 2.75) is 49.6 Å². The average Bonchev–Trinajstić information content (AvgIpc) is 3.23. The lowest BCUT2D eigenvalue weighted by molar-refractivity contribution is 0.385. The molecular formula is C25H26ClN5O2S. The monoisotopic (exact) mass is 495 g/mol. The van der Waals surface area contributed by atoms with Crippen molar-refractivity contribution in [1.29, 1.82) is 0 Å². The zero-order chi connectivity index (χ0) is 23.7. The SMILES string of the molecule is Cc1ccc(S(=O)(=O)NC2CCCC(Nc3cc(-c4c[nH]c5ncccc45)cc(Cl)n3)C2)cc1. The molecule has 2 unspecified atom stereocenters. The third-order valence-electron chi connectivity index (χ3n) is 6.24. The Kier molecular flexibility index (Phi) is 6.29. The quantitative estimate of drug-likeness (QED) is 0.316. The van der Waals surface area contributed by atoms with Crippen LogP contribution >= 0.6 is 11.6 Å². The fourth-order valence-corrected chi connectivity index (χ4v) is 6.06. The summed E-state index contributed by atoms with van der Waals surface area (Å²) in [6, 6.07) is 14.6. The average molecular weight is 496 g/mol. The lowest BCUT2D eigenvalue weighted by atomic mass is 9.91. The highest BCUT2D eigenvalue weighted by atomic mass is 35.5. The van der Waals surface area contributed by atoms with E-state index in [4.69, 9.17) is 11.6 Å². The van der Waals surface area contributed by atoms with Crippen molar-refractivity contribution < 1.29 is 8.42 Å². The topological polar surface area (TPSA) is 99.8 Å². The van der Waals surface area contributed by atoms with Gasteiger partial charge in [-0.1, -0.05) is 29.3 Å². The Morgan fingerprint density at radius 3 is 2.71 bits per heavy atom. The number of hydrogen-bond donors (Lipinski definition) is 3. The summed E-state index contributed by atoms with van der Waals surface area (Å²) in [6.07, 6.45) is 7.00. The van der Waals surface area contributed by atoms with Gasteiger partial charge >= 0.3 is 0 Å². The molecule has 1 fully saturated rings. The van der Waals surface area contributed by atoms with Crippen molar-refractivity contribution in [2.24, 2.45) is 0 Å². The van der Waals surface area contributed by atoms with E-state index < -0.39 is 10.0 Å². The minimum atomic E-state index is -3.56. The van der Waals surface area contributed by atoms with E-state index in [0.29, 0.717) is 22.3 Å². The first-order valence-electron chi connectivity index (χ1n) is 11.3. The Balaban J connectivity index is 1.31. The maximum absolute atomic E-state index is 12.8. The van der Waals surface area contributed by atoms with Crippen LogP contribution in [0.15, 0.2) is 65.8 Å². The fourth-order valence-electron chi connectivity index (χ4n) is 4.56. The van der Waals surface area contributed by atoms with E-state index in [-0.39, 0.29) is 12.1 Å². The third-order valence-corrected chi connectivity index (χ3v) is 7.97. The van der Waals surface area contributed by atoms with Crippen molar-refractivity contribution in [3.05, 3.63) is 71.6 Å². The van der Waals surface area contributed by atoms with Gasteiger partial charge in [0, 0.05) is 35.4 Å². The third kappa shape index (κ3) is 4.94. The Morgan fingerprint density at radius 2 is 1.88 bits per heavy atom. The van der Waals surface area contributed by atoms with Crippen LogP contribution in [-0.4, -0.2) is 35.5 Å². The van der Waals surface area contributed by atoms with E-state index in [1.165, 1.54) is 0 Å². The highest BCUT2D eigenvalue weighted by Gasteiger charge is 2.27. The second-order valence-electron chi connectivity index (χ2n) is 8.80. The summed E-state index contributed by atoms with van der Waals surface area (Å²) in [5.41, 5.74) is 3.78. The van der Waals surface area contributed by atoms with Crippen LogP contribution in [0.25, 0.3) is 22.2 Å². The van der Waals surface area contributed by atoms with Gasteiger partial charge in [-0.15, -0.1) is 0 Å². The van der Waals surface area contributed by atoms with Crippen LogP contribution in [0.2, 0.25) is 5.15 Å². The summed E-state index contributed by atoms with van der Waals surface area (Å²) in [5, 5.41) is 4.89. The second kappa shape index (κ2) is 9.37. The molecule has 176 valence electrons. The van der Waals surface area contributed by atoms with Gasteiger partial charge < -0.3 is 10.3 Å². The van der Waals surface area contributed by atoms with Crippen molar-refractivity contribution in [3.8, 4) is 11.1 Å². The second-order valence-corrected chi connectivity index (χ2v) is 10.9. The van der Waals surface area contributed by atoms with E-state index in [1.807, 2.05) is 49.5 Å². The highest BCUT2D eigenvalue weighted by Crippen LogP contribution is 2.31. The number of H-pyrrole nitrogens is 1. The summed E-state index contributed by atoms with van der Waals surface area (Å²) in [6.45, 7) is 1.94. The van der Waals surface area contributed by atoms with Crippen LogP contribution in [0.4, 0.5) is 5.82 Å². The van der Waals surface area contributed by atoms with Gasteiger partial charge in [0.1, 0.15) is 16.6 Å². The molecule has 1 aliphatic carbocycles. The smallest absolute Gasteiger partial charge is 0.240 e. The molecule has 3 heterocycles. The minimum absolute atomic E-state index is 0.0860. The number of benzene rings is 1. The van der Waals surface area contributed by atoms with Crippen LogP contribution in [0.1, 0.15) is 31.2 Å². The number of hydrogen-bond acceptors (Lipinski definition) is 5. The number of fused-ring (bicyclic) bond motifs is 1. The molecule has 1 aromatic carbocycles. The van der Waals surface area contributed by atoms with Gasteiger partial charge in [0.2, 0.25) is 10.0 Å². The Morgan fingerprint density at radius 1 is 1.09 bits per heavy atom. The molecule has 5 rings (SSSR count). The van der Waals surface area contributed by atoms with Gasteiger partial charge in [-0.2, -0.15) is 0 Å². The summed E-state index contributed by atoms with van der Waals surface area (Å²) in [7, 11) is -3.56. The fraction of sp³-hybridized carbons (Fsp3) is 0.280. The van der Waals surface area contributed by atoms with Crippen molar-refractivity contribution in [1.82, 2.24) is 19.7 Å². The van der Waals surface area contributed by atoms with Gasteiger partial charge in [0.25, 0.3) is 0 Å². The lowest BCUT2D eigenvalue weighted by Gasteiger charge is -2.30. The molecule has 9 heteroatoms. The normalized spacial score (nSPS) is 18.8. The number of nitrogens with zero attached hydrogens (tertiary/aromatic N) is 2. The molecule has 3 aromatic heterocycles. The van der Waals surface area contributed by atoms with Gasteiger partial charge in [0.05, 0.1) is 4.90 Å². The predicted octanol–water partition coefficient (Wildman–Crippen LogP) is 5.29. The van der Waals surface area contributed by atoms with E-state index in [2.05, 4.69) is 25.0 Å². The first-order chi connectivity index (χ1) is 16.4. The lowest BCUT2D eigenvalue weighted by Crippen LogP contribution is -2.41. The Labute approximate surface area is 204 Å². The first kappa shape index (κ1) is 22.8. The molecule has 3 N–H and O–H groups in total. The molecule has 0 radical (unpaired) electrons. The van der Waals surface area contributed by atoms with Crippen molar-refractivity contribution in [2.75, 3.05) is 5.32 Å². The molecule has 0 saturated heterocycles. The maximum atomic E-state index is 12.8. The van der Waals surface area contributed by atoms with Gasteiger partial charge in [0.15, 0.2) is 0 Å². The molecule has 1 saturated carbocycles. The molecule has 0 spiro atoms. The van der Waals surface area contributed by atoms with Crippen molar-refractivity contribution in [3.63, 3.8) is 0 Å². The molecule has 34 heavy (non-hydrogen) atoms. The zero-order valence-electron chi connectivity index (χ0n) is 18.8. The molecule has 0 bridgehead atoms. The maximum Gasteiger partial charge on any atom is 0.240 e. The zero-order valence-corrected chi connectivity index (χ0v) is 20.3. The van der Waals surface area contributed by atoms with E-state index >= 15 is 0 Å². The van der Waals surface area contributed by atoms with Gasteiger partial charge in [-0.25, -0.2) is 23.1 Å². The predicted molar refractivity (Wildman–Crippen MR) is 136 cm³/mol. The number of sulfonamides is 1. The summed E-state index contributed by atoms with van der Waals surface area (Å²) < 4.78 is 28.6. The number of aromatic nitrogens is 3. The molecule has 0 aliphatic heterocycles. The number of aryl methyl sites for hydroxylation is 1. The molecule has 0 amide bonds. The van der Waals surface area contributed by atoms with E-state index in [0.717, 1.165) is 47.0 Å². The number of pyridine rings is 2. The standard InChI is InChI=1S/C25H26ClN5O2S/c1-16-7-9-20(10-8-16)34(32,33)31-19-5-2-4-18(14-19)29-24-13-17(12-23(26)30-24)22-15-28-25-21(22)6-3-11-27-25/h3,6-13,15,18-19,31H,2,4-5,14H2,1H3,(H,27,28)(H,29,30). The number of halogens is 1. The van der Waals surface area contributed by atoms with Gasteiger partial charge in [-0.3, -0.25) is 0 Å². The van der Waals surface area contributed by atoms with E-state index in [1.54, 1.807) is 18.3 Å². The number of anilines is 1. The molecule has 2 atom stereocenters. The van der Waals surface area contributed by atoms with Crippen LogP contribution in [0, 0.1) is 6.92 Å². The Hall–Kier alpha value is -2.94. The van der Waals surface area contributed by atoms with Crippen LogP contribution in [0.5, 0.6) is 0 Å². The number of nitrogens with one attached hydrogen (secondary N) is 3. The number of aromatic amines is 1. The van der Waals surface area contributed by atoms with Crippen LogP contribution < -0.4 is 10.0 Å². The van der Waals surface area contributed by atoms with E-state index in [9.17, 15) is 8.42 Å². The van der Waals surface area contributed by atoms with Crippen LogP contribution in [0.3, 0.4) is 0 Å². The molecule has 4 aromatic rings. The summed E-state index contributed by atoms with van der Waals surface area (Å²) in [4.78, 5) is 12.3. The summed E-state index contributed by atoms with van der Waals surface area (Å²) >= 11 is 6.36. The largest absolute Gasteiger partial charge is 0.367 e. The molecular weight excluding hydrogens is 470 g/mol. The summed E-state index contributed by atoms with van der Waals surface area (Å²) in [5.74, 6) is 0.674. The van der Waals surface area contributed by atoms with Gasteiger partial charge in [-0.05, 0) is 74.6 Å². The van der Waals surface area contributed by atoms with Crippen molar-refractivity contribution >= 4 is 38.5 Å². The number of rotatable bonds is 6. The molecule has 7 nitrogen and oxygen atoms in total. The highest BCUT2D eigenvalue weighted by molar-refractivity contribution is 7.89. The van der Waals surface area contributed by atoms with Crippen LogP contribution in [-0.2, 0) is 10.0 Å². The minimum Gasteiger partial charge on any atom is -0.367 e. The Bertz CT molecular complexity index is 1420. The first-order valence-corrected chi connectivity index (χ1v) is 13.2.